The van der Waals surface area contributed by atoms with Gasteiger partial charge in [-0.3, -0.25) is 9.59 Å². The molecule has 0 heterocycles. The predicted octanol–water partition coefficient (Wildman–Crippen LogP) is 2.84. The molecule has 2 aromatic carbocycles. The number of hydrogen-bond donors (Lipinski definition) is 1. The first-order chi connectivity index (χ1) is 10.1. The van der Waals surface area contributed by atoms with Crippen LogP contribution in [0, 0.1) is 0 Å². The first kappa shape index (κ1) is 15.3. The minimum atomic E-state index is -0.280. The van der Waals surface area contributed by atoms with Crippen molar-refractivity contribution in [3.05, 3.63) is 64.6 Å². The third-order valence-corrected chi connectivity index (χ3v) is 3.73. The van der Waals surface area contributed by atoms with Crippen molar-refractivity contribution in [3.8, 4) is 0 Å². The van der Waals surface area contributed by atoms with Crippen molar-refractivity contribution in [1.82, 2.24) is 5.32 Å². The van der Waals surface area contributed by atoms with E-state index in [9.17, 15) is 9.59 Å². The van der Waals surface area contributed by atoms with Crippen LogP contribution in [0.5, 0.6) is 0 Å². The smallest absolute Gasteiger partial charge is 0.252 e. The Bertz CT molecular complexity index is 644. The Morgan fingerprint density at radius 3 is 2.33 bits per heavy atom. The monoisotopic (exact) mass is 346 g/mol. The molecule has 0 radical (unpaired) electrons. The number of hydrogen-bond acceptors (Lipinski definition) is 2. The number of rotatable bonds is 4. The summed E-state index contributed by atoms with van der Waals surface area (Å²) in [5, 5.41) is 2.63. The van der Waals surface area contributed by atoms with Gasteiger partial charge in [0.25, 0.3) is 5.91 Å². The van der Waals surface area contributed by atoms with Crippen LogP contribution < -0.4 is 10.2 Å². The zero-order chi connectivity index (χ0) is 15.2. The summed E-state index contributed by atoms with van der Waals surface area (Å²) >= 11 is 3.31. The average Bonchev–Trinajstić information content (AvgIpc) is 2.52. The Labute approximate surface area is 131 Å². The van der Waals surface area contributed by atoms with Crippen molar-refractivity contribution < 1.29 is 9.59 Å². The molecule has 1 N–H and O–H groups in total. The Morgan fingerprint density at radius 2 is 1.67 bits per heavy atom. The van der Waals surface area contributed by atoms with Gasteiger partial charge < -0.3 is 10.2 Å². The highest BCUT2D eigenvalue weighted by Crippen LogP contribution is 2.15. The average molecular weight is 347 g/mol. The highest BCUT2D eigenvalue weighted by atomic mass is 79.9. The first-order valence-corrected chi connectivity index (χ1v) is 7.23. The third-order valence-electron chi connectivity index (χ3n) is 3.04. The van der Waals surface area contributed by atoms with E-state index < -0.39 is 0 Å². The van der Waals surface area contributed by atoms with Crippen molar-refractivity contribution in [2.24, 2.45) is 0 Å². The summed E-state index contributed by atoms with van der Waals surface area (Å²) in [6, 6.07) is 16.4. The lowest BCUT2D eigenvalue weighted by atomic mass is 10.2. The summed E-state index contributed by atoms with van der Waals surface area (Å²) in [7, 11) is 1.68. The van der Waals surface area contributed by atoms with Gasteiger partial charge in [0.2, 0.25) is 5.91 Å². The SMILES string of the molecule is CN(C(=O)CNC(=O)c1ccccc1Br)c1ccccc1. The number of likely N-dealkylation sites (N-methyl/N-ethyl adjacent to an activating group) is 1. The maximum Gasteiger partial charge on any atom is 0.252 e. The lowest BCUT2D eigenvalue weighted by Crippen LogP contribution is -2.38. The number of nitrogens with one attached hydrogen (secondary N) is 1. The highest BCUT2D eigenvalue weighted by Gasteiger charge is 2.14. The van der Waals surface area contributed by atoms with Crippen LogP contribution >= 0.6 is 15.9 Å². The van der Waals surface area contributed by atoms with Crippen molar-refractivity contribution in [2.75, 3.05) is 18.5 Å². The fourth-order valence-corrected chi connectivity index (χ4v) is 2.28. The van der Waals surface area contributed by atoms with Gasteiger partial charge in [-0.05, 0) is 40.2 Å². The van der Waals surface area contributed by atoms with E-state index in [1.165, 1.54) is 4.90 Å². The van der Waals surface area contributed by atoms with Crippen LogP contribution in [-0.2, 0) is 4.79 Å². The minimum absolute atomic E-state index is 0.0500. The Morgan fingerprint density at radius 1 is 1.05 bits per heavy atom. The van der Waals surface area contributed by atoms with Crippen LogP contribution in [-0.4, -0.2) is 25.4 Å². The Balaban J connectivity index is 1.95. The third kappa shape index (κ3) is 3.92. The molecule has 0 aliphatic heterocycles. The second-order valence-electron chi connectivity index (χ2n) is 4.45. The van der Waals surface area contributed by atoms with Crippen LogP contribution in [0.25, 0.3) is 0 Å². The summed E-state index contributed by atoms with van der Waals surface area (Å²) in [6.45, 7) is -0.0500. The number of carbonyl (C=O) groups excluding carboxylic acids is 2. The molecule has 0 saturated heterocycles. The fourth-order valence-electron chi connectivity index (χ4n) is 1.81. The normalized spacial score (nSPS) is 10.0. The van der Waals surface area contributed by atoms with Crippen LogP contribution in [0.1, 0.15) is 10.4 Å². The summed E-state index contributed by atoms with van der Waals surface area (Å²) in [5.41, 5.74) is 1.30. The molecular weight excluding hydrogens is 332 g/mol. The molecule has 0 atom stereocenters. The van der Waals surface area contributed by atoms with E-state index in [4.69, 9.17) is 0 Å². The van der Waals surface area contributed by atoms with Crippen molar-refractivity contribution >= 4 is 33.4 Å². The number of halogens is 1. The second kappa shape index (κ2) is 7.04. The second-order valence-corrected chi connectivity index (χ2v) is 5.31. The van der Waals surface area contributed by atoms with E-state index in [0.717, 1.165) is 5.69 Å². The molecule has 0 spiro atoms. The molecular formula is C16H15BrN2O2. The molecule has 0 saturated carbocycles. The van der Waals surface area contributed by atoms with Gasteiger partial charge in [0, 0.05) is 17.2 Å². The van der Waals surface area contributed by atoms with Gasteiger partial charge >= 0.3 is 0 Å². The Hall–Kier alpha value is -2.14. The number of anilines is 1. The molecule has 4 nitrogen and oxygen atoms in total. The number of carbonyl (C=O) groups is 2. The van der Waals surface area contributed by atoms with Crippen molar-refractivity contribution in [1.29, 1.82) is 0 Å². The number of para-hydroxylation sites is 1. The standard InChI is InChI=1S/C16H15BrN2O2/c1-19(12-7-3-2-4-8-12)15(20)11-18-16(21)13-9-5-6-10-14(13)17/h2-10H,11H2,1H3,(H,18,21). The summed E-state index contributed by atoms with van der Waals surface area (Å²) in [6.07, 6.45) is 0. The topological polar surface area (TPSA) is 49.4 Å². The summed E-state index contributed by atoms with van der Waals surface area (Å²) < 4.78 is 0.700. The quantitative estimate of drug-likeness (QED) is 0.925. The van der Waals surface area contributed by atoms with E-state index >= 15 is 0 Å². The van der Waals surface area contributed by atoms with Crippen LogP contribution in [0.15, 0.2) is 59.1 Å². The molecule has 0 aromatic heterocycles. The largest absolute Gasteiger partial charge is 0.343 e. The minimum Gasteiger partial charge on any atom is -0.343 e. The van der Waals surface area contributed by atoms with Gasteiger partial charge in [-0.2, -0.15) is 0 Å². The summed E-state index contributed by atoms with van der Waals surface area (Å²) in [4.78, 5) is 25.6. The van der Waals surface area contributed by atoms with Gasteiger partial charge in [-0.25, -0.2) is 0 Å². The van der Waals surface area contributed by atoms with Gasteiger partial charge in [-0.1, -0.05) is 30.3 Å². The zero-order valence-electron chi connectivity index (χ0n) is 11.5. The van der Waals surface area contributed by atoms with Crippen molar-refractivity contribution in [3.63, 3.8) is 0 Å². The molecule has 5 heteroatoms. The number of nitrogens with zero attached hydrogens (tertiary/aromatic N) is 1. The van der Waals surface area contributed by atoms with E-state index in [1.54, 1.807) is 25.2 Å². The van der Waals surface area contributed by atoms with E-state index in [2.05, 4.69) is 21.2 Å². The van der Waals surface area contributed by atoms with E-state index in [1.807, 2.05) is 36.4 Å². The molecule has 2 rings (SSSR count). The molecule has 0 fully saturated rings. The number of amides is 2. The van der Waals surface area contributed by atoms with Crippen LogP contribution in [0.3, 0.4) is 0 Å². The van der Waals surface area contributed by atoms with Gasteiger partial charge in [0.05, 0.1) is 12.1 Å². The molecule has 0 unspecified atom stereocenters. The van der Waals surface area contributed by atoms with Crippen molar-refractivity contribution in [2.45, 2.75) is 0 Å². The highest BCUT2D eigenvalue weighted by molar-refractivity contribution is 9.10. The molecule has 108 valence electrons. The molecule has 2 aromatic rings. The van der Waals surface area contributed by atoms with Gasteiger partial charge in [0.15, 0.2) is 0 Å². The first-order valence-electron chi connectivity index (χ1n) is 6.44. The molecule has 0 aliphatic rings. The fraction of sp³-hybridized carbons (Fsp3) is 0.125. The number of benzene rings is 2. The van der Waals surface area contributed by atoms with Crippen LogP contribution in [0.2, 0.25) is 0 Å². The lowest BCUT2D eigenvalue weighted by molar-refractivity contribution is -0.117. The molecule has 21 heavy (non-hydrogen) atoms. The maximum absolute atomic E-state index is 12.1. The van der Waals surface area contributed by atoms with E-state index in [0.29, 0.717) is 10.0 Å². The van der Waals surface area contributed by atoms with E-state index in [-0.39, 0.29) is 18.4 Å². The van der Waals surface area contributed by atoms with Gasteiger partial charge in [-0.15, -0.1) is 0 Å². The summed E-state index contributed by atoms with van der Waals surface area (Å²) in [5.74, 6) is -0.459. The Kier molecular flexibility index (Phi) is 5.11. The molecule has 0 aliphatic carbocycles. The molecule has 0 bridgehead atoms. The molecule has 2 amide bonds. The van der Waals surface area contributed by atoms with Crippen LogP contribution in [0.4, 0.5) is 5.69 Å². The zero-order valence-corrected chi connectivity index (χ0v) is 13.1. The predicted molar refractivity (Wildman–Crippen MR) is 86.3 cm³/mol. The van der Waals surface area contributed by atoms with Gasteiger partial charge in [0.1, 0.15) is 0 Å². The lowest BCUT2D eigenvalue weighted by Gasteiger charge is -2.17. The maximum atomic E-state index is 12.1.